The molecule has 1 heterocycles. The van der Waals surface area contributed by atoms with E-state index >= 15 is 0 Å². The Morgan fingerprint density at radius 3 is 2.74 bits per heavy atom. The number of aryl methyl sites for hydroxylation is 1. The summed E-state index contributed by atoms with van der Waals surface area (Å²) in [5.41, 5.74) is 3.36. The fourth-order valence-electron chi connectivity index (χ4n) is 2.99. The lowest BCUT2D eigenvalue weighted by Crippen LogP contribution is -2.31. The summed E-state index contributed by atoms with van der Waals surface area (Å²) in [6.07, 6.45) is 2.70. The fourth-order valence-corrected chi connectivity index (χ4v) is 3.49. The van der Waals surface area contributed by atoms with E-state index in [0.717, 1.165) is 49.2 Å². The van der Waals surface area contributed by atoms with Crippen LogP contribution in [0.4, 0.5) is 11.4 Å². The Kier molecular flexibility index (Phi) is 4.74. The zero-order valence-electron chi connectivity index (χ0n) is 12.5. The van der Waals surface area contributed by atoms with Crippen LogP contribution in [0.5, 0.6) is 0 Å². The minimum atomic E-state index is -0.341. The molecule has 2 aromatic carbocycles. The molecule has 0 N–H and O–H groups in total. The largest absolute Gasteiger partial charge is 0.371 e. The second kappa shape index (κ2) is 6.77. The molecule has 0 fully saturated rings. The highest BCUT2D eigenvalue weighted by Crippen LogP contribution is 2.31. The first kappa shape index (κ1) is 16.1. The molecule has 3 rings (SSSR count). The van der Waals surface area contributed by atoms with Gasteiger partial charge >= 0.3 is 0 Å². The van der Waals surface area contributed by atoms with Gasteiger partial charge in [-0.15, -0.1) is 0 Å². The normalized spacial score (nSPS) is 13.7. The lowest BCUT2D eigenvalue weighted by atomic mass is 10.0. The van der Waals surface area contributed by atoms with Crippen molar-refractivity contribution in [2.45, 2.75) is 19.3 Å². The number of rotatable bonds is 4. The van der Waals surface area contributed by atoms with Crippen LogP contribution in [-0.2, 0) is 12.8 Å². The smallest absolute Gasteiger partial charge is 0.269 e. The van der Waals surface area contributed by atoms with Gasteiger partial charge in [0.1, 0.15) is 0 Å². The van der Waals surface area contributed by atoms with Crippen molar-refractivity contribution in [1.82, 2.24) is 0 Å². The zero-order chi connectivity index (χ0) is 16.4. The number of hydrogen-bond donors (Lipinski definition) is 0. The van der Waals surface area contributed by atoms with Crippen LogP contribution in [0.15, 0.2) is 36.4 Å². The SMILES string of the molecule is O=[N+]([O-])c1ccc2c(c1)CCCN2CCc1ccc(Cl)cc1Cl. The van der Waals surface area contributed by atoms with Crippen molar-refractivity contribution >= 4 is 34.6 Å². The first-order valence-corrected chi connectivity index (χ1v) is 8.26. The molecule has 2 aromatic rings. The van der Waals surface area contributed by atoms with Crippen LogP contribution in [0.3, 0.4) is 0 Å². The number of halogens is 2. The number of nitro groups is 1. The average molecular weight is 351 g/mol. The quantitative estimate of drug-likeness (QED) is 0.582. The van der Waals surface area contributed by atoms with E-state index in [1.54, 1.807) is 18.2 Å². The third-order valence-electron chi connectivity index (χ3n) is 4.15. The van der Waals surface area contributed by atoms with Gasteiger partial charge in [0.2, 0.25) is 0 Å². The van der Waals surface area contributed by atoms with Gasteiger partial charge in [-0.3, -0.25) is 10.1 Å². The predicted octanol–water partition coefficient (Wildman–Crippen LogP) is 4.90. The summed E-state index contributed by atoms with van der Waals surface area (Å²) in [4.78, 5) is 12.8. The average Bonchev–Trinajstić information content (AvgIpc) is 2.53. The van der Waals surface area contributed by atoms with Crippen molar-refractivity contribution in [2.75, 3.05) is 18.0 Å². The van der Waals surface area contributed by atoms with E-state index in [0.29, 0.717) is 10.0 Å². The molecule has 0 atom stereocenters. The van der Waals surface area contributed by atoms with Crippen molar-refractivity contribution < 1.29 is 4.92 Å². The van der Waals surface area contributed by atoms with Gasteiger partial charge in [-0.1, -0.05) is 29.3 Å². The summed E-state index contributed by atoms with van der Waals surface area (Å²) < 4.78 is 0. The molecule has 0 saturated carbocycles. The van der Waals surface area contributed by atoms with Gasteiger partial charge < -0.3 is 4.90 Å². The summed E-state index contributed by atoms with van der Waals surface area (Å²) in [7, 11) is 0. The molecule has 6 heteroatoms. The molecule has 1 aliphatic heterocycles. The standard InChI is InChI=1S/C17H16Cl2N2O2/c18-14-4-3-12(16(19)11-14)7-9-20-8-1-2-13-10-15(21(22)23)5-6-17(13)20/h3-6,10-11H,1-2,7-9H2. The van der Waals surface area contributed by atoms with Crippen LogP contribution in [0.25, 0.3) is 0 Å². The first-order valence-electron chi connectivity index (χ1n) is 7.51. The van der Waals surface area contributed by atoms with Crippen molar-refractivity contribution in [1.29, 1.82) is 0 Å². The highest BCUT2D eigenvalue weighted by molar-refractivity contribution is 6.35. The fraction of sp³-hybridized carbons (Fsp3) is 0.294. The van der Waals surface area contributed by atoms with Gasteiger partial charge in [0.25, 0.3) is 5.69 Å². The van der Waals surface area contributed by atoms with E-state index in [-0.39, 0.29) is 10.6 Å². The summed E-state index contributed by atoms with van der Waals surface area (Å²) in [6, 6.07) is 10.7. The number of nitrogens with zero attached hydrogens (tertiary/aromatic N) is 2. The third kappa shape index (κ3) is 3.59. The number of benzene rings is 2. The Balaban J connectivity index is 1.76. The Morgan fingerprint density at radius 2 is 2.00 bits per heavy atom. The van der Waals surface area contributed by atoms with Crippen molar-refractivity contribution in [3.8, 4) is 0 Å². The Hall–Kier alpha value is -1.78. The Bertz CT molecular complexity index is 749. The molecule has 0 unspecified atom stereocenters. The predicted molar refractivity (Wildman–Crippen MR) is 93.8 cm³/mol. The van der Waals surface area contributed by atoms with Gasteiger partial charge in [0.05, 0.1) is 4.92 Å². The molecule has 0 saturated heterocycles. The summed E-state index contributed by atoms with van der Waals surface area (Å²) in [5.74, 6) is 0. The maximum Gasteiger partial charge on any atom is 0.269 e. The molecule has 120 valence electrons. The second-order valence-corrected chi connectivity index (χ2v) is 6.49. The number of nitro benzene ring substituents is 1. The van der Waals surface area contributed by atoms with E-state index in [1.165, 1.54) is 0 Å². The highest BCUT2D eigenvalue weighted by atomic mass is 35.5. The second-order valence-electron chi connectivity index (χ2n) is 5.65. The molecule has 0 radical (unpaired) electrons. The molecule has 0 spiro atoms. The molecule has 23 heavy (non-hydrogen) atoms. The van der Waals surface area contributed by atoms with Crippen LogP contribution < -0.4 is 4.90 Å². The molecule has 0 amide bonds. The number of fused-ring (bicyclic) bond motifs is 1. The summed E-state index contributed by atoms with van der Waals surface area (Å²) in [5, 5.41) is 12.2. The van der Waals surface area contributed by atoms with E-state index in [1.807, 2.05) is 18.2 Å². The minimum Gasteiger partial charge on any atom is -0.371 e. The molecular weight excluding hydrogens is 335 g/mol. The van der Waals surface area contributed by atoms with E-state index in [2.05, 4.69) is 4.90 Å². The van der Waals surface area contributed by atoms with E-state index in [4.69, 9.17) is 23.2 Å². The zero-order valence-corrected chi connectivity index (χ0v) is 14.0. The minimum absolute atomic E-state index is 0.159. The number of anilines is 1. The topological polar surface area (TPSA) is 46.4 Å². The molecular formula is C17H16Cl2N2O2. The van der Waals surface area contributed by atoms with Crippen LogP contribution in [0, 0.1) is 10.1 Å². The first-order chi connectivity index (χ1) is 11.0. The van der Waals surface area contributed by atoms with Gasteiger partial charge in [-0.2, -0.15) is 0 Å². The van der Waals surface area contributed by atoms with Gasteiger partial charge in [-0.25, -0.2) is 0 Å². The molecule has 0 aromatic heterocycles. The van der Waals surface area contributed by atoms with Crippen LogP contribution in [-0.4, -0.2) is 18.0 Å². The van der Waals surface area contributed by atoms with Crippen LogP contribution >= 0.6 is 23.2 Å². The monoisotopic (exact) mass is 350 g/mol. The number of hydrogen-bond acceptors (Lipinski definition) is 3. The molecule has 0 aliphatic carbocycles. The highest BCUT2D eigenvalue weighted by Gasteiger charge is 2.19. The van der Waals surface area contributed by atoms with Gasteiger partial charge in [-0.05, 0) is 48.6 Å². The third-order valence-corrected chi connectivity index (χ3v) is 4.74. The Morgan fingerprint density at radius 1 is 1.17 bits per heavy atom. The van der Waals surface area contributed by atoms with Gasteiger partial charge in [0.15, 0.2) is 0 Å². The van der Waals surface area contributed by atoms with Crippen molar-refractivity contribution in [3.63, 3.8) is 0 Å². The lowest BCUT2D eigenvalue weighted by molar-refractivity contribution is -0.384. The number of non-ortho nitro benzene ring substituents is 1. The van der Waals surface area contributed by atoms with Crippen LogP contribution in [0.1, 0.15) is 17.5 Å². The summed E-state index contributed by atoms with van der Waals surface area (Å²) >= 11 is 12.1. The molecule has 1 aliphatic rings. The Labute approximate surface area is 144 Å². The van der Waals surface area contributed by atoms with Crippen molar-refractivity contribution in [3.05, 3.63) is 67.7 Å². The van der Waals surface area contributed by atoms with E-state index in [9.17, 15) is 10.1 Å². The van der Waals surface area contributed by atoms with Crippen LogP contribution in [0.2, 0.25) is 10.0 Å². The molecule has 4 nitrogen and oxygen atoms in total. The maximum atomic E-state index is 10.9. The maximum absolute atomic E-state index is 10.9. The van der Waals surface area contributed by atoms with E-state index < -0.39 is 0 Å². The summed E-state index contributed by atoms with van der Waals surface area (Å²) in [6.45, 7) is 1.78. The van der Waals surface area contributed by atoms with Gasteiger partial charge in [0, 0.05) is 41.0 Å². The molecule has 0 bridgehead atoms. The van der Waals surface area contributed by atoms with Crippen molar-refractivity contribution in [2.24, 2.45) is 0 Å². The lowest BCUT2D eigenvalue weighted by Gasteiger charge is -2.31.